The van der Waals surface area contributed by atoms with Crippen molar-refractivity contribution in [2.75, 3.05) is 38.0 Å². The highest BCUT2D eigenvalue weighted by Gasteiger charge is 2.42. The van der Waals surface area contributed by atoms with Crippen molar-refractivity contribution in [3.05, 3.63) is 53.6 Å². The molecule has 0 aliphatic carbocycles. The average molecular weight is 508 g/mol. The number of rotatable bonds is 7. The summed E-state index contributed by atoms with van der Waals surface area (Å²) in [6, 6.07) is 8.31. The molecule has 0 bridgehead atoms. The summed E-state index contributed by atoms with van der Waals surface area (Å²) in [5, 5.41) is 3.40. The predicted octanol–water partition coefficient (Wildman–Crippen LogP) is 5.10. The first kappa shape index (κ1) is 24.8. The zero-order valence-corrected chi connectivity index (χ0v) is 21.3. The van der Waals surface area contributed by atoms with Crippen LogP contribution in [0, 0.1) is 18.2 Å². The zero-order chi connectivity index (χ0) is 25.1. The van der Waals surface area contributed by atoms with Gasteiger partial charge in [-0.1, -0.05) is 12.8 Å². The van der Waals surface area contributed by atoms with Gasteiger partial charge >= 0.3 is 0 Å². The normalized spacial score (nSPS) is 19.0. The number of halogens is 1. The molecule has 5 rings (SSSR count). The molecule has 0 radical (unpaired) electrons. The standard InChI is InChI=1S/C27H30FN5O2S/c1-4-20-22(32-36-33(3)5-2)9-7-21(28)26(20)35-19-6-8-23-24(14-19)31-25(16-30-23)18-15-27(34-17-18)10-12-29-13-11-27/h1,6-9,14,16,18,29,32H,5,10-13,15,17H2,2-3H3. The smallest absolute Gasteiger partial charge is 0.180 e. The summed E-state index contributed by atoms with van der Waals surface area (Å²) in [5.41, 5.74) is 3.22. The number of nitrogens with one attached hydrogen (secondary N) is 2. The van der Waals surface area contributed by atoms with Crippen LogP contribution in [0.25, 0.3) is 11.0 Å². The van der Waals surface area contributed by atoms with Crippen molar-refractivity contribution in [1.29, 1.82) is 0 Å². The maximum absolute atomic E-state index is 14.8. The van der Waals surface area contributed by atoms with Gasteiger partial charge in [-0.2, -0.15) is 0 Å². The van der Waals surface area contributed by atoms with Crippen LogP contribution < -0.4 is 14.8 Å². The second-order valence-corrected chi connectivity index (χ2v) is 10.3. The molecule has 2 fully saturated rings. The minimum absolute atomic E-state index is 0.00255. The Labute approximate surface area is 215 Å². The van der Waals surface area contributed by atoms with Gasteiger partial charge < -0.3 is 19.5 Å². The van der Waals surface area contributed by atoms with E-state index in [0.717, 1.165) is 50.1 Å². The van der Waals surface area contributed by atoms with E-state index in [4.69, 9.17) is 20.9 Å². The Kier molecular flexibility index (Phi) is 7.30. The van der Waals surface area contributed by atoms with Crippen molar-refractivity contribution < 1.29 is 13.9 Å². The van der Waals surface area contributed by atoms with Crippen molar-refractivity contribution in [3.63, 3.8) is 0 Å². The number of ether oxygens (including phenoxy) is 2. The predicted molar refractivity (Wildman–Crippen MR) is 142 cm³/mol. The van der Waals surface area contributed by atoms with E-state index < -0.39 is 5.82 Å². The fourth-order valence-electron chi connectivity index (χ4n) is 4.73. The number of aromatic nitrogens is 2. The lowest BCUT2D eigenvalue weighted by Crippen LogP contribution is -2.41. The van der Waals surface area contributed by atoms with E-state index in [0.29, 0.717) is 29.1 Å². The number of hydrogen-bond acceptors (Lipinski definition) is 8. The molecule has 188 valence electrons. The number of benzene rings is 2. The molecule has 2 aromatic carbocycles. The van der Waals surface area contributed by atoms with Crippen molar-refractivity contribution in [2.24, 2.45) is 0 Å². The van der Waals surface area contributed by atoms with Crippen molar-refractivity contribution in [2.45, 2.75) is 37.7 Å². The van der Waals surface area contributed by atoms with Gasteiger partial charge in [-0.25, -0.2) is 13.7 Å². The maximum Gasteiger partial charge on any atom is 0.180 e. The molecule has 3 aromatic rings. The Hall–Kier alpha value is -2.90. The Balaban J connectivity index is 1.39. The topological polar surface area (TPSA) is 71.5 Å². The molecule has 3 heterocycles. The second-order valence-electron chi connectivity index (χ2n) is 9.27. The first-order valence-electron chi connectivity index (χ1n) is 12.2. The quantitative estimate of drug-likeness (QED) is 0.338. The number of terminal acetylenes is 1. The minimum Gasteiger partial charge on any atom is -0.453 e. The lowest BCUT2D eigenvalue weighted by Gasteiger charge is -2.32. The molecule has 9 heteroatoms. The summed E-state index contributed by atoms with van der Waals surface area (Å²) in [4.78, 5) is 9.50. The molecule has 0 saturated carbocycles. The summed E-state index contributed by atoms with van der Waals surface area (Å²) in [6.07, 6.45) is 10.6. The Morgan fingerprint density at radius 1 is 1.31 bits per heavy atom. The first-order chi connectivity index (χ1) is 17.5. The molecular weight excluding hydrogens is 477 g/mol. The van der Waals surface area contributed by atoms with Crippen LogP contribution in [0.4, 0.5) is 10.1 Å². The van der Waals surface area contributed by atoms with Gasteiger partial charge in [-0.15, -0.1) is 6.42 Å². The third-order valence-corrected chi connectivity index (χ3v) is 7.79. The highest BCUT2D eigenvalue weighted by molar-refractivity contribution is 7.98. The third-order valence-electron chi connectivity index (χ3n) is 6.91. The minimum atomic E-state index is -0.530. The average Bonchev–Trinajstić information content (AvgIpc) is 3.31. The molecule has 7 nitrogen and oxygen atoms in total. The van der Waals surface area contributed by atoms with E-state index in [1.807, 2.05) is 30.5 Å². The molecule has 1 spiro atoms. The van der Waals surface area contributed by atoms with Crippen LogP contribution in [0.2, 0.25) is 0 Å². The molecule has 0 amide bonds. The number of fused-ring (bicyclic) bond motifs is 1. The Bertz CT molecular complexity index is 1290. The number of nitrogens with zero attached hydrogens (tertiary/aromatic N) is 3. The molecule has 1 aromatic heterocycles. The highest BCUT2D eigenvalue weighted by atomic mass is 32.2. The van der Waals surface area contributed by atoms with E-state index >= 15 is 0 Å². The maximum atomic E-state index is 14.8. The van der Waals surface area contributed by atoms with Gasteiger partial charge in [0.05, 0.1) is 40.2 Å². The molecular formula is C27H30FN5O2S. The number of hydrogen-bond donors (Lipinski definition) is 2. The van der Waals surface area contributed by atoms with Crippen LogP contribution >= 0.6 is 12.1 Å². The second kappa shape index (κ2) is 10.6. The SMILES string of the molecule is C#Cc1c(NSN(C)CC)ccc(F)c1Oc1ccc2ncc(C3COC4(CCNCC4)C3)nc2c1. The van der Waals surface area contributed by atoms with E-state index in [9.17, 15) is 4.39 Å². The fourth-order valence-corrected chi connectivity index (χ4v) is 5.28. The zero-order valence-electron chi connectivity index (χ0n) is 20.5. The van der Waals surface area contributed by atoms with Gasteiger partial charge in [0.2, 0.25) is 0 Å². The third kappa shape index (κ3) is 5.13. The van der Waals surface area contributed by atoms with Gasteiger partial charge in [0.1, 0.15) is 5.75 Å². The molecule has 1 unspecified atom stereocenters. The Morgan fingerprint density at radius 3 is 2.92 bits per heavy atom. The van der Waals surface area contributed by atoms with E-state index in [2.05, 4.69) is 20.9 Å². The molecule has 2 N–H and O–H groups in total. The largest absolute Gasteiger partial charge is 0.453 e. The van der Waals surface area contributed by atoms with Crippen molar-refractivity contribution in [1.82, 2.24) is 19.6 Å². The van der Waals surface area contributed by atoms with Crippen LogP contribution in [0.15, 0.2) is 36.5 Å². The summed E-state index contributed by atoms with van der Waals surface area (Å²) < 4.78 is 32.2. The summed E-state index contributed by atoms with van der Waals surface area (Å²) in [7, 11) is 1.95. The lowest BCUT2D eigenvalue weighted by molar-refractivity contribution is -0.0193. The Morgan fingerprint density at radius 2 is 2.14 bits per heavy atom. The van der Waals surface area contributed by atoms with Crippen molar-refractivity contribution in [3.8, 4) is 23.8 Å². The molecule has 2 aliphatic rings. The van der Waals surface area contributed by atoms with E-state index in [1.165, 1.54) is 18.2 Å². The molecule has 2 saturated heterocycles. The van der Waals surface area contributed by atoms with E-state index in [1.54, 1.807) is 18.2 Å². The van der Waals surface area contributed by atoms with Gasteiger partial charge in [0.15, 0.2) is 11.6 Å². The number of piperidine rings is 1. The summed E-state index contributed by atoms with van der Waals surface area (Å²) in [6.45, 7) is 5.49. The summed E-state index contributed by atoms with van der Waals surface area (Å²) in [5.74, 6) is 2.69. The van der Waals surface area contributed by atoms with Crippen LogP contribution in [-0.2, 0) is 4.74 Å². The van der Waals surface area contributed by atoms with Crippen LogP contribution in [0.5, 0.6) is 11.5 Å². The molecule has 1 atom stereocenters. The number of anilines is 1. The van der Waals surface area contributed by atoms with Gasteiger partial charge in [-0.05, 0) is 63.7 Å². The van der Waals surface area contributed by atoms with Crippen molar-refractivity contribution >= 4 is 28.9 Å². The summed E-state index contributed by atoms with van der Waals surface area (Å²) >= 11 is 1.38. The van der Waals surface area contributed by atoms with Gasteiger partial charge in [0.25, 0.3) is 0 Å². The van der Waals surface area contributed by atoms with Gasteiger partial charge in [-0.3, -0.25) is 4.98 Å². The molecule has 36 heavy (non-hydrogen) atoms. The van der Waals surface area contributed by atoms with E-state index in [-0.39, 0.29) is 17.3 Å². The van der Waals surface area contributed by atoms with Crippen LogP contribution in [0.1, 0.15) is 43.4 Å². The highest BCUT2D eigenvalue weighted by Crippen LogP contribution is 2.41. The van der Waals surface area contributed by atoms with Crippen LogP contribution in [0.3, 0.4) is 0 Å². The monoisotopic (exact) mass is 507 g/mol. The lowest BCUT2D eigenvalue weighted by atomic mass is 9.85. The van der Waals surface area contributed by atoms with Crippen LogP contribution in [-0.4, -0.2) is 53.2 Å². The first-order valence-corrected chi connectivity index (χ1v) is 13.0. The fraction of sp³-hybridized carbons (Fsp3) is 0.407. The van der Waals surface area contributed by atoms with Gasteiger partial charge in [0, 0.05) is 36.9 Å². The molecule has 2 aliphatic heterocycles.